The van der Waals surface area contributed by atoms with E-state index in [1.165, 1.54) is 16.7 Å². The molecule has 254 valence electrons. The highest BCUT2D eigenvalue weighted by atomic mass is 32.2. The Hall–Kier alpha value is -3.89. The van der Waals surface area contributed by atoms with E-state index in [2.05, 4.69) is 46.9 Å². The van der Waals surface area contributed by atoms with Crippen LogP contribution in [0.1, 0.15) is 63.8 Å². The Kier molecular flexibility index (Phi) is 10.6. The molecule has 3 aromatic carbocycles. The van der Waals surface area contributed by atoms with Crippen LogP contribution in [0.4, 0.5) is 0 Å². The largest absolute Gasteiger partial charge is 0.507 e. The van der Waals surface area contributed by atoms with Crippen LogP contribution < -0.4 is 10.1 Å². The minimum atomic E-state index is -0.731. The lowest BCUT2D eigenvalue weighted by Gasteiger charge is -2.49. The fourth-order valence-electron chi connectivity index (χ4n) is 5.73. The third-order valence-electron chi connectivity index (χ3n) is 8.41. The molecule has 0 aromatic heterocycles. The molecule has 10 heteroatoms. The molecule has 8 nitrogen and oxygen atoms in total. The first-order valence-corrected chi connectivity index (χ1v) is 18.0. The molecule has 0 aliphatic carbocycles. The van der Waals surface area contributed by atoms with E-state index in [-0.39, 0.29) is 41.4 Å². The number of hydrogen-bond acceptors (Lipinski definition) is 8. The van der Waals surface area contributed by atoms with E-state index < -0.39 is 17.4 Å². The second-order valence-corrected chi connectivity index (χ2v) is 16.3. The van der Waals surface area contributed by atoms with Crippen LogP contribution in [0.2, 0.25) is 0 Å². The van der Waals surface area contributed by atoms with E-state index in [0.29, 0.717) is 23.0 Å². The number of esters is 1. The number of carbonyl (C=O) groups excluding carboxylic acids is 3. The summed E-state index contributed by atoms with van der Waals surface area (Å²) in [7, 11) is 1.59. The lowest BCUT2D eigenvalue weighted by molar-refractivity contribution is -0.153. The average Bonchev–Trinajstić information content (AvgIpc) is 3.04. The molecule has 2 aliphatic rings. The van der Waals surface area contributed by atoms with E-state index >= 15 is 0 Å². The first-order chi connectivity index (χ1) is 22.7. The van der Waals surface area contributed by atoms with E-state index in [1.54, 1.807) is 31.0 Å². The molecule has 48 heavy (non-hydrogen) atoms. The van der Waals surface area contributed by atoms with Crippen molar-refractivity contribution >= 4 is 41.3 Å². The summed E-state index contributed by atoms with van der Waals surface area (Å²) < 4.78 is 11.0. The Morgan fingerprint density at radius 3 is 2.17 bits per heavy atom. The van der Waals surface area contributed by atoms with Crippen LogP contribution in [0, 0.1) is 0 Å². The number of nitrogens with zero attached hydrogens (tertiary/aromatic N) is 1. The van der Waals surface area contributed by atoms with E-state index in [0.717, 1.165) is 32.7 Å². The summed E-state index contributed by atoms with van der Waals surface area (Å²) in [5.41, 5.74) is 3.82. The Morgan fingerprint density at radius 2 is 1.58 bits per heavy atom. The molecule has 2 N–H and O–H groups in total. The number of rotatable bonds is 10. The summed E-state index contributed by atoms with van der Waals surface area (Å²) in [5, 5.41) is 13.7. The zero-order chi connectivity index (χ0) is 34.8. The molecule has 2 heterocycles. The number of hydrogen-bond donors (Lipinski definition) is 2. The Labute approximate surface area is 291 Å². The predicted molar refractivity (Wildman–Crippen MR) is 191 cm³/mol. The smallest absolute Gasteiger partial charge is 0.355 e. The third-order valence-corrected chi connectivity index (χ3v) is 10.8. The van der Waals surface area contributed by atoms with Gasteiger partial charge >= 0.3 is 5.97 Å². The first kappa shape index (κ1) is 35.4. The number of ether oxygens (including phenoxy) is 2. The number of phenols is 1. The summed E-state index contributed by atoms with van der Waals surface area (Å²) in [6.07, 6.45) is 0.163. The molecular formula is C38H44N2O6S2. The van der Waals surface area contributed by atoms with Gasteiger partial charge in [-0.25, -0.2) is 4.79 Å². The van der Waals surface area contributed by atoms with Crippen molar-refractivity contribution < 1.29 is 29.0 Å². The number of carbonyl (C=O) groups is 3. The maximum Gasteiger partial charge on any atom is 0.355 e. The summed E-state index contributed by atoms with van der Waals surface area (Å²) >= 11 is 3.10. The van der Waals surface area contributed by atoms with E-state index in [4.69, 9.17) is 9.47 Å². The number of fused-ring (bicyclic) bond motifs is 1. The van der Waals surface area contributed by atoms with Gasteiger partial charge in [0.25, 0.3) is 5.91 Å². The predicted octanol–water partition coefficient (Wildman–Crippen LogP) is 6.73. The van der Waals surface area contributed by atoms with Crippen LogP contribution in [0.3, 0.4) is 0 Å². The summed E-state index contributed by atoms with van der Waals surface area (Å²) in [5.74, 6) is 0.793. The molecule has 1 saturated heterocycles. The fourth-order valence-corrected chi connectivity index (χ4v) is 8.19. The quantitative estimate of drug-likeness (QED) is 0.137. The van der Waals surface area contributed by atoms with Crippen molar-refractivity contribution in [2.24, 2.45) is 0 Å². The van der Waals surface area contributed by atoms with Gasteiger partial charge in [0, 0.05) is 27.5 Å². The molecule has 0 spiro atoms. The zero-order valence-electron chi connectivity index (χ0n) is 28.6. The molecule has 2 atom stereocenters. The van der Waals surface area contributed by atoms with Crippen LogP contribution in [-0.4, -0.2) is 57.8 Å². The molecule has 5 rings (SSSR count). The van der Waals surface area contributed by atoms with Gasteiger partial charge in [0.1, 0.15) is 35.2 Å². The minimum Gasteiger partial charge on any atom is -0.507 e. The Balaban J connectivity index is 1.40. The number of methoxy groups -OCH3 is 1. The van der Waals surface area contributed by atoms with Crippen molar-refractivity contribution in [3.8, 4) is 11.5 Å². The van der Waals surface area contributed by atoms with Gasteiger partial charge in [-0.2, -0.15) is 0 Å². The van der Waals surface area contributed by atoms with E-state index in [1.807, 2.05) is 54.6 Å². The van der Waals surface area contributed by atoms with Gasteiger partial charge in [-0.15, -0.1) is 23.5 Å². The molecular weight excluding hydrogens is 645 g/mol. The number of phenolic OH excluding ortho intramolecular Hbond substituents is 1. The maximum absolute atomic E-state index is 13.8. The molecule has 0 bridgehead atoms. The molecule has 3 aromatic rings. The standard InChI is InChI=1S/C38H44N2O6S2/c1-37(2,3)28-18-27(19-29(33(28)42)38(4,5)6)47-21-25-22-48-35-31(39-30(41)17-23-11-9-8-10-12-23)34(43)40(35)32(25)36(44)46-20-24-13-15-26(45-7)16-14-24/h8-16,18-19,31,35,42H,17,20-22H2,1-7H3,(H,39,41). The average molecular weight is 689 g/mol. The van der Waals surface area contributed by atoms with Crippen LogP contribution in [0.15, 0.2) is 82.9 Å². The second kappa shape index (κ2) is 14.3. The van der Waals surface area contributed by atoms with Crippen molar-refractivity contribution in [1.82, 2.24) is 10.2 Å². The Morgan fingerprint density at radius 1 is 0.958 bits per heavy atom. The highest BCUT2D eigenvalue weighted by molar-refractivity contribution is 8.01. The van der Waals surface area contributed by atoms with Crippen molar-refractivity contribution in [2.75, 3.05) is 18.6 Å². The lowest BCUT2D eigenvalue weighted by Crippen LogP contribution is -2.70. The minimum absolute atomic E-state index is 0.0334. The van der Waals surface area contributed by atoms with Crippen molar-refractivity contribution in [3.05, 3.63) is 100 Å². The molecule has 1 fully saturated rings. The van der Waals surface area contributed by atoms with Gasteiger partial charge in [0.05, 0.1) is 13.5 Å². The van der Waals surface area contributed by atoms with Crippen molar-refractivity contribution in [2.45, 2.75) is 81.7 Å². The van der Waals surface area contributed by atoms with Gasteiger partial charge in [0.2, 0.25) is 5.91 Å². The molecule has 0 saturated carbocycles. The summed E-state index contributed by atoms with van der Waals surface area (Å²) in [4.78, 5) is 42.8. The zero-order valence-corrected chi connectivity index (χ0v) is 30.2. The van der Waals surface area contributed by atoms with Gasteiger partial charge in [0.15, 0.2) is 0 Å². The highest BCUT2D eigenvalue weighted by Crippen LogP contribution is 2.45. The van der Waals surface area contributed by atoms with Gasteiger partial charge in [-0.05, 0) is 51.8 Å². The van der Waals surface area contributed by atoms with Crippen LogP contribution in [0.25, 0.3) is 0 Å². The number of β-lactam (4-membered cyclic amide) rings is 1. The molecule has 2 aliphatic heterocycles. The maximum atomic E-state index is 13.8. The fraction of sp³-hybridized carbons (Fsp3) is 0.395. The monoisotopic (exact) mass is 688 g/mol. The van der Waals surface area contributed by atoms with Gasteiger partial charge in [-0.3, -0.25) is 14.5 Å². The topological polar surface area (TPSA) is 105 Å². The highest BCUT2D eigenvalue weighted by Gasteiger charge is 2.54. The van der Waals surface area contributed by atoms with Crippen LogP contribution in [-0.2, 0) is 43.0 Å². The van der Waals surface area contributed by atoms with Gasteiger partial charge < -0.3 is 19.9 Å². The number of thioether (sulfide) groups is 2. The molecule has 2 unspecified atom stereocenters. The number of benzene rings is 3. The lowest BCUT2D eigenvalue weighted by atomic mass is 9.79. The van der Waals surface area contributed by atoms with E-state index in [9.17, 15) is 19.5 Å². The van der Waals surface area contributed by atoms with Crippen molar-refractivity contribution in [1.29, 1.82) is 0 Å². The SMILES string of the molecule is COc1ccc(COC(=O)C2=C(CSc3cc(C(C)(C)C)c(O)c(C(C)(C)C)c3)CSC3C(NC(=O)Cc4ccccc4)C(=O)N23)cc1. The van der Waals surface area contributed by atoms with Crippen LogP contribution in [0.5, 0.6) is 11.5 Å². The number of nitrogens with one attached hydrogen (secondary N) is 1. The normalized spacial score (nSPS) is 17.8. The number of aromatic hydroxyl groups is 1. The third kappa shape index (κ3) is 7.87. The van der Waals surface area contributed by atoms with Crippen LogP contribution >= 0.6 is 23.5 Å². The molecule has 0 radical (unpaired) electrons. The summed E-state index contributed by atoms with van der Waals surface area (Å²) in [6.45, 7) is 12.5. The molecule has 2 amide bonds. The van der Waals surface area contributed by atoms with Gasteiger partial charge in [-0.1, -0.05) is 84.0 Å². The first-order valence-electron chi connectivity index (χ1n) is 16.0. The second-order valence-electron chi connectivity index (χ2n) is 14.1. The Bertz CT molecular complexity index is 1670. The number of amides is 2. The van der Waals surface area contributed by atoms with Crippen molar-refractivity contribution in [3.63, 3.8) is 0 Å². The summed E-state index contributed by atoms with van der Waals surface area (Å²) in [6, 6.07) is 19.9.